The predicted octanol–water partition coefficient (Wildman–Crippen LogP) is 5.23. The minimum absolute atomic E-state index is 0.136. The topological polar surface area (TPSA) is 38.8 Å². The van der Waals surface area contributed by atoms with Gasteiger partial charge in [-0.25, -0.2) is 4.79 Å². The average Bonchev–Trinajstić information content (AvgIpc) is 2.67. The number of rotatable bonds is 5. The van der Waals surface area contributed by atoms with Crippen LogP contribution >= 0.6 is 45.8 Å². The molecule has 0 bridgehead atoms. The summed E-state index contributed by atoms with van der Waals surface area (Å²) in [5.74, 6) is 0.533. The molecule has 0 N–H and O–H groups in total. The standard InChI is InChI=1S/C18H23Cl2NO3.CH3I/c19-14-6-7-17(15(20)10-14)23-12-18(22)24-11-13-4-3-9-21-8-2-1-5-16(13)21;1-2/h6-7,10,13,16H,1-5,8-9,11-12H2;1H3. The Morgan fingerprint density at radius 2 is 1.96 bits per heavy atom. The van der Waals surface area contributed by atoms with E-state index < -0.39 is 0 Å². The fourth-order valence-electron chi connectivity index (χ4n) is 3.74. The Balaban J connectivity index is 0.00000117. The molecule has 0 radical (unpaired) electrons. The fourth-order valence-corrected chi connectivity index (χ4v) is 4.21. The summed E-state index contributed by atoms with van der Waals surface area (Å²) in [5, 5.41) is 0.921. The number of hydrogen-bond donors (Lipinski definition) is 0. The van der Waals surface area contributed by atoms with Gasteiger partial charge in [0.25, 0.3) is 0 Å². The quantitative estimate of drug-likeness (QED) is 0.307. The second-order valence-corrected chi connectivity index (χ2v) is 7.39. The van der Waals surface area contributed by atoms with Gasteiger partial charge in [0.05, 0.1) is 11.6 Å². The molecule has 2 atom stereocenters. The SMILES string of the molecule is CI.O=C(COc1ccc(Cl)cc1Cl)OCC1CCCN2CCCCC12. The molecule has 2 unspecified atom stereocenters. The molecule has 1 aromatic rings. The minimum Gasteiger partial charge on any atom is -0.480 e. The van der Waals surface area contributed by atoms with Crippen molar-refractivity contribution < 1.29 is 14.3 Å². The maximum absolute atomic E-state index is 12.0. The van der Waals surface area contributed by atoms with Crippen LogP contribution in [-0.2, 0) is 9.53 Å². The highest BCUT2D eigenvalue weighted by Gasteiger charge is 2.33. The van der Waals surface area contributed by atoms with E-state index >= 15 is 0 Å². The van der Waals surface area contributed by atoms with Crippen molar-refractivity contribution >= 4 is 51.8 Å². The summed E-state index contributed by atoms with van der Waals surface area (Å²) in [7, 11) is 0. The summed E-state index contributed by atoms with van der Waals surface area (Å²) in [5.41, 5.74) is 0. The van der Waals surface area contributed by atoms with Gasteiger partial charge in [-0.2, -0.15) is 0 Å². The highest BCUT2D eigenvalue weighted by atomic mass is 127. The molecule has 26 heavy (non-hydrogen) atoms. The maximum atomic E-state index is 12.0. The minimum atomic E-state index is -0.353. The molecule has 4 nitrogen and oxygen atoms in total. The molecule has 2 fully saturated rings. The van der Waals surface area contributed by atoms with Crippen LogP contribution in [-0.4, -0.2) is 48.1 Å². The molecule has 0 saturated carbocycles. The van der Waals surface area contributed by atoms with Crippen molar-refractivity contribution in [3.8, 4) is 5.75 Å². The van der Waals surface area contributed by atoms with Crippen LogP contribution in [0.3, 0.4) is 0 Å². The van der Waals surface area contributed by atoms with E-state index in [2.05, 4.69) is 27.5 Å². The third-order valence-corrected chi connectivity index (χ3v) is 5.46. The first-order valence-corrected chi connectivity index (χ1v) is 11.9. The zero-order valence-corrected chi connectivity index (χ0v) is 18.7. The van der Waals surface area contributed by atoms with Gasteiger partial charge in [0.2, 0.25) is 0 Å². The van der Waals surface area contributed by atoms with Crippen molar-refractivity contribution in [1.82, 2.24) is 4.90 Å². The van der Waals surface area contributed by atoms with Gasteiger partial charge < -0.3 is 9.47 Å². The number of fused-ring (bicyclic) bond motifs is 1. The number of esters is 1. The number of carbonyl (C=O) groups is 1. The highest BCUT2D eigenvalue weighted by molar-refractivity contribution is 14.1. The van der Waals surface area contributed by atoms with Crippen molar-refractivity contribution in [1.29, 1.82) is 0 Å². The van der Waals surface area contributed by atoms with Crippen LogP contribution in [0.15, 0.2) is 18.2 Å². The summed E-state index contributed by atoms with van der Waals surface area (Å²) in [4.78, 5) is 16.5. The van der Waals surface area contributed by atoms with Crippen molar-refractivity contribution in [3.05, 3.63) is 28.2 Å². The molecule has 0 amide bonds. The third kappa shape index (κ3) is 6.43. The lowest BCUT2D eigenvalue weighted by atomic mass is 9.84. The normalized spacial score (nSPS) is 22.6. The average molecular weight is 514 g/mol. The first-order chi connectivity index (χ1) is 12.6. The Morgan fingerprint density at radius 1 is 1.19 bits per heavy atom. The second-order valence-electron chi connectivity index (χ2n) is 6.55. The Hall–Kier alpha value is -0.240. The molecule has 0 aromatic heterocycles. The van der Waals surface area contributed by atoms with E-state index in [1.165, 1.54) is 38.8 Å². The van der Waals surface area contributed by atoms with E-state index in [4.69, 9.17) is 32.7 Å². The van der Waals surface area contributed by atoms with E-state index in [0.717, 1.165) is 6.42 Å². The van der Waals surface area contributed by atoms with Crippen LogP contribution in [0, 0.1) is 5.92 Å². The van der Waals surface area contributed by atoms with Gasteiger partial charge in [-0.05, 0) is 61.9 Å². The number of alkyl halides is 1. The zero-order valence-electron chi connectivity index (χ0n) is 15.1. The molecular weight excluding hydrogens is 488 g/mol. The van der Waals surface area contributed by atoms with Crippen LogP contribution in [0.1, 0.15) is 32.1 Å². The molecule has 0 aliphatic carbocycles. The second kappa shape index (κ2) is 11.6. The molecule has 3 rings (SSSR count). The van der Waals surface area contributed by atoms with Crippen LogP contribution in [0.2, 0.25) is 10.0 Å². The van der Waals surface area contributed by atoms with Crippen LogP contribution < -0.4 is 4.74 Å². The lowest BCUT2D eigenvalue weighted by Crippen LogP contribution is -2.49. The summed E-state index contributed by atoms with van der Waals surface area (Å²) in [6.45, 7) is 2.72. The van der Waals surface area contributed by atoms with Gasteiger partial charge in [0.1, 0.15) is 5.75 Å². The first kappa shape index (κ1) is 22.1. The Labute approximate surface area is 179 Å². The molecule has 2 aliphatic rings. The molecule has 146 valence electrons. The van der Waals surface area contributed by atoms with Crippen LogP contribution in [0.5, 0.6) is 5.75 Å². The lowest BCUT2D eigenvalue weighted by molar-refractivity contribution is -0.149. The Bertz CT molecular complexity index is 586. The summed E-state index contributed by atoms with van der Waals surface area (Å²) in [6, 6.07) is 5.49. The van der Waals surface area contributed by atoms with Crippen molar-refractivity contribution in [2.75, 3.05) is 31.2 Å². The van der Waals surface area contributed by atoms with E-state index in [-0.39, 0.29) is 12.6 Å². The maximum Gasteiger partial charge on any atom is 0.344 e. The number of nitrogens with zero attached hydrogens (tertiary/aromatic N) is 1. The molecule has 1 aromatic carbocycles. The fraction of sp³-hybridized carbons (Fsp3) is 0.632. The van der Waals surface area contributed by atoms with Gasteiger partial charge in [0, 0.05) is 17.0 Å². The van der Waals surface area contributed by atoms with Crippen LogP contribution in [0.4, 0.5) is 0 Å². The Morgan fingerprint density at radius 3 is 2.73 bits per heavy atom. The van der Waals surface area contributed by atoms with Gasteiger partial charge in [-0.3, -0.25) is 4.90 Å². The third-order valence-electron chi connectivity index (χ3n) is 4.93. The van der Waals surface area contributed by atoms with Crippen molar-refractivity contribution in [2.45, 2.75) is 38.1 Å². The molecular formula is C19H26Cl2INO3. The smallest absolute Gasteiger partial charge is 0.344 e. The molecule has 2 saturated heterocycles. The first-order valence-electron chi connectivity index (χ1n) is 8.99. The van der Waals surface area contributed by atoms with Gasteiger partial charge in [0.15, 0.2) is 6.61 Å². The van der Waals surface area contributed by atoms with E-state index in [0.29, 0.717) is 34.4 Å². The number of piperidine rings is 2. The monoisotopic (exact) mass is 513 g/mol. The molecule has 2 heterocycles. The Kier molecular flexibility index (Phi) is 9.81. The number of hydrogen-bond acceptors (Lipinski definition) is 4. The van der Waals surface area contributed by atoms with Gasteiger partial charge >= 0.3 is 5.97 Å². The highest BCUT2D eigenvalue weighted by Crippen LogP contribution is 2.31. The van der Waals surface area contributed by atoms with Gasteiger partial charge in [-0.1, -0.05) is 52.2 Å². The summed E-state index contributed by atoms with van der Waals surface area (Å²) >= 11 is 14.0. The summed E-state index contributed by atoms with van der Waals surface area (Å²) < 4.78 is 10.9. The van der Waals surface area contributed by atoms with Crippen molar-refractivity contribution in [2.24, 2.45) is 5.92 Å². The van der Waals surface area contributed by atoms with E-state index in [9.17, 15) is 4.79 Å². The molecule has 7 heteroatoms. The largest absolute Gasteiger partial charge is 0.480 e. The van der Waals surface area contributed by atoms with Gasteiger partial charge in [-0.15, -0.1) is 0 Å². The lowest BCUT2D eigenvalue weighted by Gasteiger charge is -2.44. The number of carbonyl (C=O) groups excluding carboxylic acids is 1. The number of halogens is 3. The summed E-state index contributed by atoms with van der Waals surface area (Å²) in [6.07, 6.45) is 6.12. The number of ether oxygens (including phenoxy) is 2. The van der Waals surface area contributed by atoms with Crippen LogP contribution in [0.25, 0.3) is 0 Å². The molecule has 0 spiro atoms. The van der Waals surface area contributed by atoms with E-state index in [1.54, 1.807) is 18.2 Å². The number of benzene rings is 1. The van der Waals surface area contributed by atoms with Crippen molar-refractivity contribution in [3.63, 3.8) is 0 Å². The zero-order chi connectivity index (χ0) is 18.9. The molecule has 2 aliphatic heterocycles. The van der Waals surface area contributed by atoms with E-state index in [1.807, 2.05) is 4.93 Å². The predicted molar refractivity (Wildman–Crippen MR) is 115 cm³/mol.